The molecule has 0 saturated carbocycles. The minimum atomic E-state index is -0.664. The molecular formula is C27H31N5O2. The molecule has 3 amide bonds. The van der Waals surface area contributed by atoms with Crippen LogP contribution in [0, 0.1) is 5.92 Å². The van der Waals surface area contributed by atoms with Gasteiger partial charge in [0.15, 0.2) is 0 Å². The molecule has 1 saturated heterocycles. The molecule has 7 nitrogen and oxygen atoms in total. The fraction of sp³-hybridized carbons (Fsp3) is 0.296. The Morgan fingerprint density at radius 1 is 0.912 bits per heavy atom. The maximum absolute atomic E-state index is 13.1. The topological polar surface area (TPSA) is 86.4 Å². The van der Waals surface area contributed by atoms with Gasteiger partial charge >= 0.3 is 6.03 Å². The van der Waals surface area contributed by atoms with E-state index in [0.717, 1.165) is 31.5 Å². The van der Waals surface area contributed by atoms with Gasteiger partial charge in [0.05, 0.1) is 0 Å². The number of urea groups is 1. The van der Waals surface area contributed by atoms with Gasteiger partial charge in [-0.1, -0.05) is 48.5 Å². The van der Waals surface area contributed by atoms with E-state index in [0.29, 0.717) is 24.6 Å². The molecule has 0 bridgehead atoms. The van der Waals surface area contributed by atoms with Crippen LogP contribution < -0.4 is 20.9 Å². The molecule has 0 radical (unpaired) electrons. The van der Waals surface area contributed by atoms with Gasteiger partial charge in [-0.25, -0.2) is 4.79 Å². The molecule has 3 N–H and O–H groups in total. The van der Waals surface area contributed by atoms with Gasteiger partial charge < -0.3 is 20.9 Å². The lowest BCUT2D eigenvalue weighted by molar-refractivity contribution is -0.123. The molecule has 1 aromatic heterocycles. The molecule has 2 heterocycles. The van der Waals surface area contributed by atoms with E-state index in [-0.39, 0.29) is 5.91 Å². The van der Waals surface area contributed by atoms with E-state index in [1.807, 2.05) is 85.2 Å². The zero-order valence-electron chi connectivity index (χ0n) is 19.2. The number of hydrogen-bond donors (Lipinski definition) is 3. The van der Waals surface area contributed by atoms with Crippen LogP contribution in [-0.2, 0) is 11.2 Å². The normalized spacial score (nSPS) is 14.8. The zero-order chi connectivity index (χ0) is 23.6. The van der Waals surface area contributed by atoms with E-state index < -0.39 is 12.1 Å². The van der Waals surface area contributed by atoms with Crippen molar-refractivity contribution >= 4 is 23.3 Å². The maximum Gasteiger partial charge on any atom is 0.319 e. The maximum atomic E-state index is 13.1. The lowest BCUT2D eigenvalue weighted by Gasteiger charge is -2.33. The Balaban J connectivity index is 1.31. The second kappa shape index (κ2) is 11.8. The summed E-state index contributed by atoms with van der Waals surface area (Å²) in [6.45, 7) is 2.52. The van der Waals surface area contributed by atoms with Crippen molar-refractivity contribution in [1.29, 1.82) is 0 Å². The quantitative estimate of drug-likeness (QED) is 0.480. The van der Waals surface area contributed by atoms with Crippen molar-refractivity contribution in [3.05, 3.63) is 90.8 Å². The standard InChI is InChI=1S/C27H31N5O2/c33-26(29-20-22-13-17-32(18-14-22)24-11-15-28-16-12-24)25(19-21-7-3-1-4-8-21)31-27(34)30-23-9-5-2-6-10-23/h1-12,15-16,22,25H,13-14,17-20H2,(H,29,33)(H2,30,31,34)/t25-/m1/s1. The van der Waals surface area contributed by atoms with Gasteiger partial charge in [-0.05, 0) is 48.6 Å². The third kappa shape index (κ3) is 6.81. The number of pyridine rings is 1. The predicted molar refractivity (Wildman–Crippen MR) is 135 cm³/mol. The van der Waals surface area contributed by atoms with Gasteiger partial charge in [-0.2, -0.15) is 0 Å². The third-order valence-electron chi connectivity index (χ3n) is 6.14. The van der Waals surface area contributed by atoms with Gasteiger partial charge in [-0.3, -0.25) is 9.78 Å². The number of nitrogens with one attached hydrogen (secondary N) is 3. The zero-order valence-corrected chi connectivity index (χ0v) is 19.2. The molecule has 2 aromatic carbocycles. The van der Waals surface area contributed by atoms with Crippen molar-refractivity contribution in [2.24, 2.45) is 5.92 Å². The van der Waals surface area contributed by atoms with Crippen molar-refractivity contribution in [2.45, 2.75) is 25.3 Å². The summed E-state index contributed by atoms with van der Waals surface area (Å²) in [6.07, 6.45) is 6.07. The summed E-state index contributed by atoms with van der Waals surface area (Å²) < 4.78 is 0. The van der Waals surface area contributed by atoms with Crippen molar-refractivity contribution in [2.75, 3.05) is 29.9 Å². The Kier molecular flexibility index (Phi) is 8.11. The molecular weight excluding hydrogens is 426 g/mol. The SMILES string of the molecule is O=C(Nc1ccccc1)N[C@H](Cc1ccccc1)C(=O)NCC1CCN(c2ccncc2)CC1. The molecule has 1 aliphatic heterocycles. The second-order valence-electron chi connectivity index (χ2n) is 8.59. The Morgan fingerprint density at radius 3 is 2.24 bits per heavy atom. The smallest absolute Gasteiger partial charge is 0.319 e. The first-order valence-electron chi connectivity index (χ1n) is 11.8. The van der Waals surface area contributed by atoms with E-state index in [9.17, 15) is 9.59 Å². The Labute approximate surface area is 200 Å². The van der Waals surface area contributed by atoms with Crippen molar-refractivity contribution in [1.82, 2.24) is 15.6 Å². The number of rotatable bonds is 8. The van der Waals surface area contributed by atoms with Crippen LogP contribution in [0.2, 0.25) is 0 Å². The van der Waals surface area contributed by atoms with Crippen LogP contribution in [0.5, 0.6) is 0 Å². The van der Waals surface area contributed by atoms with Gasteiger partial charge in [-0.15, -0.1) is 0 Å². The van der Waals surface area contributed by atoms with Gasteiger partial charge in [0.25, 0.3) is 0 Å². The highest BCUT2D eigenvalue weighted by atomic mass is 16.2. The first-order chi connectivity index (χ1) is 16.7. The minimum Gasteiger partial charge on any atom is -0.371 e. The Hall–Kier alpha value is -3.87. The molecule has 176 valence electrons. The summed E-state index contributed by atoms with van der Waals surface area (Å²) in [5.74, 6) is 0.251. The van der Waals surface area contributed by atoms with E-state index in [2.05, 4.69) is 25.8 Å². The van der Waals surface area contributed by atoms with Gasteiger partial charge in [0.2, 0.25) is 5.91 Å². The molecule has 3 aromatic rings. The highest BCUT2D eigenvalue weighted by Gasteiger charge is 2.24. The Bertz CT molecular complexity index is 1040. The van der Waals surface area contributed by atoms with Crippen molar-refractivity contribution in [3.8, 4) is 0 Å². The first kappa shape index (κ1) is 23.3. The molecule has 34 heavy (non-hydrogen) atoms. The molecule has 4 rings (SSSR count). The Morgan fingerprint density at radius 2 is 1.56 bits per heavy atom. The van der Waals surface area contributed by atoms with Crippen LogP contribution in [0.4, 0.5) is 16.2 Å². The van der Waals surface area contributed by atoms with Crippen LogP contribution in [0.3, 0.4) is 0 Å². The summed E-state index contributed by atoms with van der Waals surface area (Å²) in [6, 6.07) is 21.9. The van der Waals surface area contributed by atoms with Crippen LogP contribution in [0.1, 0.15) is 18.4 Å². The number of anilines is 2. The van der Waals surface area contributed by atoms with Gasteiger partial charge in [0.1, 0.15) is 6.04 Å². The lowest BCUT2D eigenvalue weighted by Crippen LogP contribution is -2.50. The summed E-state index contributed by atoms with van der Waals surface area (Å²) in [4.78, 5) is 32.1. The number of aromatic nitrogens is 1. The summed E-state index contributed by atoms with van der Waals surface area (Å²) in [5.41, 5.74) is 2.86. The molecule has 7 heteroatoms. The molecule has 1 aliphatic rings. The monoisotopic (exact) mass is 457 g/mol. The first-order valence-corrected chi connectivity index (χ1v) is 11.8. The average Bonchev–Trinajstić information content (AvgIpc) is 2.89. The van der Waals surface area contributed by atoms with E-state index in [1.54, 1.807) is 0 Å². The molecule has 0 unspecified atom stereocenters. The number of carbonyl (C=O) groups is 2. The number of hydrogen-bond acceptors (Lipinski definition) is 4. The summed E-state index contributed by atoms with van der Waals surface area (Å²) in [7, 11) is 0. The predicted octanol–water partition coefficient (Wildman–Crippen LogP) is 3.85. The van der Waals surface area contributed by atoms with Crippen molar-refractivity contribution < 1.29 is 9.59 Å². The second-order valence-corrected chi connectivity index (χ2v) is 8.59. The van der Waals surface area contributed by atoms with E-state index in [4.69, 9.17) is 0 Å². The number of benzene rings is 2. The van der Waals surface area contributed by atoms with Gasteiger partial charge in [0, 0.05) is 49.8 Å². The number of piperidine rings is 1. The number of carbonyl (C=O) groups excluding carboxylic acids is 2. The minimum absolute atomic E-state index is 0.163. The molecule has 1 atom stereocenters. The van der Waals surface area contributed by atoms with Crippen molar-refractivity contribution in [3.63, 3.8) is 0 Å². The molecule has 1 fully saturated rings. The lowest BCUT2D eigenvalue weighted by atomic mass is 9.96. The molecule has 0 spiro atoms. The number of para-hydroxylation sites is 1. The van der Waals surface area contributed by atoms with E-state index >= 15 is 0 Å². The highest BCUT2D eigenvalue weighted by molar-refractivity contribution is 5.93. The number of amides is 3. The summed E-state index contributed by atoms with van der Waals surface area (Å²) >= 11 is 0. The van der Waals surface area contributed by atoms with Crippen LogP contribution >= 0.6 is 0 Å². The summed E-state index contributed by atoms with van der Waals surface area (Å²) in [5, 5.41) is 8.74. The fourth-order valence-electron chi connectivity index (χ4n) is 4.22. The van der Waals surface area contributed by atoms with Crippen LogP contribution in [-0.4, -0.2) is 42.6 Å². The largest absolute Gasteiger partial charge is 0.371 e. The average molecular weight is 458 g/mol. The van der Waals surface area contributed by atoms with Crippen LogP contribution in [0.25, 0.3) is 0 Å². The molecule has 0 aliphatic carbocycles. The third-order valence-corrected chi connectivity index (χ3v) is 6.14. The number of nitrogens with zero attached hydrogens (tertiary/aromatic N) is 2. The fourth-order valence-corrected chi connectivity index (χ4v) is 4.22. The van der Waals surface area contributed by atoms with E-state index in [1.165, 1.54) is 5.69 Å². The highest BCUT2D eigenvalue weighted by Crippen LogP contribution is 2.22. The van der Waals surface area contributed by atoms with Crippen LogP contribution in [0.15, 0.2) is 85.2 Å².